The molecule has 0 amide bonds. The first kappa shape index (κ1) is 21.6. The van der Waals surface area contributed by atoms with Crippen molar-refractivity contribution in [3.8, 4) is 28.3 Å². The molecule has 0 unspecified atom stereocenters. The zero-order valence-corrected chi connectivity index (χ0v) is 19.9. The first-order valence-corrected chi connectivity index (χ1v) is 11.3. The van der Waals surface area contributed by atoms with Crippen molar-refractivity contribution in [3.05, 3.63) is 89.2 Å². The molecule has 0 aliphatic carbocycles. The van der Waals surface area contributed by atoms with Gasteiger partial charge in [-0.3, -0.25) is 13.7 Å². The molecule has 0 spiro atoms. The Hall–Kier alpha value is -4.92. The molecular weight excluding hydrogens is 456 g/mol. The van der Waals surface area contributed by atoms with Crippen molar-refractivity contribution >= 4 is 28.0 Å². The van der Waals surface area contributed by atoms with E-state index in [9.17, 15) is 14.7 Å². The molecule has 0 aliphatic heterocycles. The molecule has 0 saturated heterocycles. The summed E-state index contributed by atoms with van der Waals surface area (Å²) in [4.78, 5) is 33.0. The molecule has 0 bridgehead atoms. The third-order valence-corrected chi connectivity index (χ3v) is 6.68. The van der Waals surface area contributed by atoms with Crippen LogP contribution in [0.3, 0.4) is 0 Å². The van der Waals surface area contributed by atoms with E-state index in [1.54, 1.807) is 60.0 Å². The number of aromatic nitrogens is 6. The lowest BCUT2D eigenvalue weighted by molar-refractivity contribution is 0.0697. The van der Waals surface area contributed by atoms with Crippen molar-refractivity contribution in [2.45, 2.75) is 0 Å². The highest BCUT2D eigenvalue weighted by Gasteiger charge is 2.19. The number of hydrogen-bond acceptors (Lipinski definition) is 4. The van der Waals surface area contributed by atoms with E-state index < -0.39 is 5.97 Å². The Bertz CT molecular complexity index is 1870. The highest BCUT2D eigenvalue weighted by atomic mass is 16.4. The second-order valence-corrected chi connectivity index (χ2v) is 8.82. The molecule has 3 aromatic heterocycles. The predicted molar refractivity (Wildman–Crippen MR) is 137 cm³/mol. The van der Waals surface area contributed by atoms with E-state index >= 15 is 0 Å². The number of carbonyl (C=O) groups is 1. The van der Waals surface area contributed by atoms with Gasteiger partial charge in [0.15, 0.2) is 5.82 Å². The van der Waals surface area contributed by atoms with Gasteiger partial charge in [-0.15, -0.1) is 0 Å². The number of carboxylic acid groups (broad SMARTS) is 1. The molecule has 9 heteroatoms. The quantitative estimate of drug-likeness (QED) is 0.413. The number of carboxylic acids is 1. The van der Waals surface area contributed by atoms with E-state index in [1.807, 2.05) is 48.0 Å². The van der Waals surface area contributed by atoms with Gasteiger partial charge in [0, 0.05) is 26.8 Å². The first-order valence-electron chi connectivity index (χ1n) is 11.3. The normalized spacial score (nSPS) is 11.5. The summed E-state index contributed by atoms with van der Waals surface area (Å²) in [6, 6.07) is 18.7. The number of hydrogen-bond donors (Lipinski definition) is 1. The van der Waals surface area contributed by atoms with E-state index in [-0.39, 0.29) is 11.3 Å². The summed E-state index contributed by atoms with van der Waals surface area (Å²) < 4.78 is 7.26. The Morgan fingerprint density at radius 1 is 0.833 bits per heavy atom. The van der Waals surface area contributed by atoms with Crippen LogP contribution in [0.15, 0.2) is 78.0 Å². The highest BCUT2D eigenvalue weighted by molar-refractivity contribution is 5.90. The SMILES string of the molecule is Cn1cncc1-c1nc2cc(-c3ccc(C(=O)O)cc3)ccc2n1-c1ccc2c(c1)n(C)c(=O)n2C. The maximum Gasteiger partial charge on any atom is 0.335 e. The summed E-state index contributed by atoms with van der Waals surface area (Å²) in [7, 11) is 5.46. The van der Waals surface area contributed by atoms with Gasteiger partial charge in [0.1, 0.15) is 5.69 Å². The third-order valence-electron chi connectivity index (χ3n) is 6.68. The summed E-state index contributed by atoms with van der Waals surface area (Å²) in [5.74, 6) is -0.229. The van der Waals surface area contributed by atoms with Crippen LogP contribution in [0.1, 0.15) is 10.4 Å². The first-order chi connectivity index (χ1) is 17.3. The van der Waals surface area contributed by atoms with Crippen molar-refractivity contribution in [1.82, 2.24) is 28.2 Å². The molecule has 0 atom stereocenters. The van der Waals surface area contributed by atoms with E-state index in [0.29, 0.717) is 0 Å². The molecule has 9 nitrogen and oxygen atoms in total. The number of nitrogens with zero attached hydrogens (tertiary/aromatic N) is 6. The summed E-state index contributed by atoms with van der Waals surface area (Å²) in [6.45, 7) is 0. The standard InChI is InChI=1S/C27H22N6O3/c1-30-15-28-14-24(30)25-29-20-12-18(16-4-6-17(7-5-16)26(34)35)8-10-21(20)33(25)19-9-11-22-23(13-19)32(3)27(36)31(22)2/h4-15H,1-3H3,(H,34,35). The van der Waals surface area contributed by atoms with E-state index in [2.05, 4.69) is 9.55 Å². The average molecular weight is 479 g/mol. The van der Waals surface area contributed by atoms with Crippen molar-refractivity contribution < 1.29 is 9.90 Å². The highest BCUT2D eigenvalue weighted by Crippen LogP contribution is 2.32. The van der Waals surface area contributed by atoms with Gasteiger partial charge in [-0.1, -0.05) is 18.2 Å². The monoisotopic (exact) mass is 478 g/mol. The van der Waals surface area contributed by atoms with Crippen LogP contribution in [0, 0.1) is 0 Å². The molecule has 0 fully saturated rings. The van der Waals surface area contributed by atoms with Gasteiger partial charge < -0.3 is 9.67 Å². The molecule has 0 aliphatic rings. The second-order valence-electron chi connectivity index (χ2n) is 8.82. The summed E-state index contributed by atoms with van der Waals surface area (Å²) in [5.41, 5.74) is 7.09. The second kappa shape index (κ2) is 7.81. The van der Waals surface area contributed by atoms with Crippen LogP contribution in [-0.2, 0) is 21.1 Å². The van der Waals surface area contributed by atoms with Crippen LogP contribution < -0.4 is 5.69 Å². The van der Waals surface area contributed by atoms with Crippen LogP contribution >= 0.6 is 0 Å². The number of aryl methyl sites for hydroxylation is 3. The number of rotatable bonds is 4. The van der Waals surface area contributed by atoms with E-state index in [4.69, 9.17) is 4.98 Å². The number of aromatic carboxylic acids is 1. The average Bonchev–Trinajstić information content (AvgIpc) is 3.54. The van der Waals surface area contributed by atoms with Crippen molar-refractivity contribution in [2.75, 3.05) is 0 Å². The minimum atomic E-state index is -0.954. The summed E-state index contributed by atoms with van der Waals surface area (Å²) >= 11 is 0. The smallest absolute Gasteiger partial charge is 0.335 e. The lowest BCUT2D eigenvalue weighted by atomic mass is 10.0. The molecule has 36 heavy (non-hydrogen) atoms. The van der Waals surface area contributed by atoms with Crippen LogP contribution in [-0.4, -0.2) is 39.3 Å². The van der Waals surface area contributed by atoms with E-state index in [1.165, 1.54) is 0 Å². The van der Waals surface area contributed by atoms with Gasteiger partial charge in [-0.2, -0.15) is 0 Å². The molecule has 0 radical (unpaired) electrons. The summed E-state index contributed by atoms with van der Waals surface area (Å²) in [5, 5.41) is 9.20. The molecule has 1 N–H and O–H groups in total. The molecule has 6 aromatic rings. The van der Waals surface area contributed by atoms with Gasteiger partial charge in [0.2, 0.25) is 0 Å². The minimum absolute atomic E-state index is 0.0805. The Kier molecular flexibility index (Phi) is 4.68. The van der Waals surface area contributed by atoms with Crippen molar-refractivity contribution in [3.63, 3.8) is 0 Å². The molecule has 6 rings (SSSR count). The lowest BCUT2D eigenvalue weighted by Crippen LogP contribution is -2.19. The van der Waals surface area contributed by atoms with Crippen LogP contribution in [0.25, 0.3) is 50.4 Å². The Labute approximate surface area is 205 Å². The zero-order chi connectivity index (χ0) is 25.1. The van der Waals surface area contributed by atoms with Gasteiger partial charge in [-0.05, 0) is 53.6 Å². The van der Waals surface area contributed by atoms with Gasteiger partial charge in [-0.25, -0.2) is 19.6 Å². The Balaban J connectivity index is 1.58. The zero-order valence-electron chi connectivity index (χ0n) is 19.9. The third kappa shape index (κ3) is 3.17. The van der Waals surface area contributed by atoms with Crippen LogP contribution in [0.2, 0.25) is 0 Å². The van der Waals surface area contributed by atoms with Crippen molar-refractivity contribution in [2.24, 2.45) is 21.1 Å². The number of imidazole rings is 3. The van der Waals surface area contributed by atoms with Gasteiger partial charge >= 0.3 is 11.7 Å². The maximum absolute atomic E-state index is 12.5. The largest absolute Gasteiger partial charge is 0.478 e. The number of fused-ring (bicyclic) bond motifs is 2. The fourth-order valence-corrected chi connectivity index (χ4v) is 4.71. The van der Waals surface area contributed by atoms with Crippen LogP contribution in [0.5, 0.6) is 0 Å². The molecule has 3 aromatic carbocycles. The fourth-order valence-electron chi connectivity index (χ4n) is 4.71. The fraction of sp³-hybridized carbons (Fsp3) is 0.111. The van der Waals surface area contributed by atoms with Crippen molar-refractivity contribution in [1.29, 1.82) is 0 Å². The molecule has 0 saturated carbocycles. The maximum atomic E-state index is 12.5. The van der Waals surface area contributed by atoms with Gasteiger partial charge in [0.25, 0.3) is 0 Å². The van der Waals surface area contributed by atoms with Gasteiger partial charge in [0.05, 0.1) is 40.2 Å². The topological polar surface area (TPSA) is 99.9 Å². The summed E-state index contributed by atoms with van der Waals surface area (Å²) in [6.07, 6.45) is 3.51. The Morgan fingerprint density at radius 2 is 1.53 bits per heavy atom. The number of benzene rings is 3. The molecule has 178 valence electrons. The minimum Gasteiger partial charge on any atom is -0.478 e. The lowest BCUT2D eigenvalue weighted by Gasteiger charge is -2.11. The van der Waals surface area contributed by atoms with Crippen LogP contribution in [0.4, 0.5) is 0 Å². The predicted octanol–water partition coefficient (Wildman–Crippen LogP) is 3.98. The molecule has 3 heterocycles. The van der Waals surface area contributed by atoms with E-state index in [0.717, 1.165) is 50.4 Å². The molecular formula is C27H22N6O3. The Morgan fingerprint density at radius 3 is 2.22 bits per heavy atom.